The summed E-state index contributed by atoms with van der Waals surface area (Å²) in [6, 6.07) is -0.139. The van der Waals surface area contributed by atoms with Crippen molar-refractivity contribution in [2.45, 2.75) is 58.9 Å². The van der Waals surface area contributed by atoms with Gasteiger partial charge in [-0.3, -0.25) is 14.4 Å². The fourth-order valence-corrected chi connectivity index (χ4v) is 4.49. The smallest absolute Gasteiger partial charge is 0.323 e. The molecule has 7 nitrogen and oxygen atoms in total. The van der Waals surface area contributed by atoms with E-state index in [4.69, 9.17) is 5.11 Å². The summed E-state index contributed by atoms with van der Waals surface area (Å²) in [6.07, 6.45) is 3.93. The molecule has 1 aliphatic heterocycles. The quantitative estimate of drug-likeness (QED) is 0.817. The van der Waals surface area contributed by atoms with Crippen molar-refractivity contribution < 1.29 is 19.5 Å². The van der Waals surface area contributed by atoms with Gasteiger partial charge in [-0.25, -0.2) is 4.98 Å². The first-order valence-corrected chi connectivity index (χ1v) is 9.89. The predicted octanol–water partition coefficient (Wildman–Crippen LogP) is 2.33. The molecule has 1 aromatic heterocycles. The highest BCUT2D eigenvalue weighted by Gasteiger charge is 2.29. The van der Waals surface area contributed by atoms with Crippen LogP contribution in [-0.4, -0.2) is 63.4 Å². The summed E-state index contributed by atoms with van der Waals surface area (Å²) in [6.45, 7) is 6.20. The molecular weight excluding hydrogens is 354 g/mol. The van der Waals surface area contributed by atoms with Gasteiger partial charge in [0.2, 0.25) is 5.91 Å². The molecule has 8 heteroatoms. The van der Waals surface area contributed by atoms with Crippen LogP contribution in [0.5, 0.6) is 0 Å². The molecule has 26 heavy (non-hydrogen) atoms. The van der Waals surface area contributed by atoms with Crippen LogP contribution in [0.3, 0.4) is 0 Å². The van der Waals surface area contributed by atoms with E-state index < -0.39 is 5.97 Å². The highest BCUT2D eigenvalue weighted by Crippen LogP contribution is 2.24. The van der Waals surface area contributed by atoms with E-state index in [0.717, 1.165) is 30.0 Å². The van der Waals surface area contributed by atoms with Crippen molar-refractivity contribution >= 4 is 29.1 Å². The van der Waals surface area contributed by atoms with Gasteiger partial charge in [-0.1, -0.05) is 6.92 Å². The summed E-state index contributed by atoms with van der Waals surface area (Å²) in [5, 5.41) is 10.0. The molecule has 0 saturated carbocycles. The van der Waals surface area contributed by atoms with Gasteiger partial charge in [-0.05, 0) is 39.0 Å². The molecule has 0 aliphatic carbocycles. The van der Waals surface area contributed by atoms with Crippen molar-refractivity contribution in [3.8, 4) is 0 Å². The third kappa shape index (κ3) is 5.03. The van der Waals surface area contributed by atoms with Gasteiger partial charge in [-0.2, -0.15) is 0 Å². The monoisotopic (exact) mass is 381 g/mol. The average Bonchev–Trinajstić information content (AvgIpc) is 2.79. The molecule has 1 atom stereocenters. The van der Waals surface area contributed by atoms with Crippen LogP contribution in [-0.2, 0) is 16.0 Å². The second kappa shape index (κ2) is 9.12. The SMILES string of the molecule is CCCc1nc(C)c(C(=O)N2CCCC(N(CC(=O)O)C(C)=O)CC2)s1. The van der Waals surface area contributed by atoms with E-state index >= 15 is 0 Å². The molecular formula is C18H27N3O4S. The van der Waals surface area contributed by atoms with E-state index in [1.807, 2.05) is 11.8 Å². The van der Waals surface area contributed by atoms with E-state index in [0.29, 0.717) is 30.8 Å². The molecule has 2 rings (SSSR count). The second-order valence-electron chi connectivity index (χ2n) is 6.69. The molecule has 2 amide bonds. The maximum absolute atomic E-state index is 12.9. The highest BCUT2D eigenvalue weighted by molar-refractivity contribution is 7.13. The van der Waals surface area contributed by atoms with Gasteiger partial charge in [0.15, 0.2) is 0 Å². The maximum Gasteiger partial charge on any atom is 0.323 e. The summed E-state index contributed by atoms with van der Waals surface area (Å²) in [7, 11) is 0. The van der Waals surface area contributed by atoms with Crippen LogP contribution >= 0.6 is 11.3 Å². The van der Waals surface area contributed by atoms with Crippen molar-refractivity contribution in [3.05, 3.63) is 15.6 Å². The first-order valence-electron chi connectivity index (χ1n) is 9.08. The number of aryl methyl sites for hydroxylation is 2. The van der Waals surface area contributed by atoms with Crippen molar-refractivity contribution in [3.63, 3.8) is 0 Å². The maximum atomic E-state index is 12.9. The van der Waals surface area contributed by atoms with Gasteiger partial charge in [-0.15, -0.1) is 11.3 Å². The zero-order chi connectivity index (χ0) is 19.3. The Balaban J connectivity index is 2.06. The minimum absolute atomic E-state index is 0.00406. The lowest BCUT2D eigenvalue weighted by Crippen LogP contribution is -2.43. The van der Waals surface area contributed by atoms with Gasteiger partial charge in [0.25, 0.3) is 5.91 Å². The second-order valence-corrected chi connectivity index (χ2v) is 7.77. The third-order valence-electron chi connectivity index (χ3n) is 4.63. The Morgan fingerprint density at radius 3 is 2.65 bits per heavy atom. The lowest BCUT2D eigenvalue weighted by atomic mass is 10.1. The summed E-state index contributed by atoms with van der Waals surface area (Å²) in [5.74, 6) is -1.25. The Morgan fingerprint density at radius 1 is 1.31 bits per heavy atom. The largest absolute Gasteiger partial charge is 0.480 e. The summed E-state index contributed by atoms with van der Waals surface area (Å²) in [5.41, 5.74) is 0.778. The Morgan fingerprint density at radius 2 is 2.04 bits per heavy atom. The van der Waals surface area contributed by atoms with Crippen molar-refractivity contribution in [1.82, 2.24) is 14.8 Å². The number of aromatic nitrogens is 1. The molecule has 0 aromatic carbocycles. The molecule has 1 saturated heterocycles. The third-order valence-corrected chi connectivity index (χ3v) is 5.84. The summed E-state index contributed by atoms with van der Waals surface area (Å²) >= 11 is 1.47. The van der Waals surface area contributed by atoms with Crippen LogP contribution in [0.15, 0.2) is 0 Å². The highest BCUT2D eigenvalue weighted by atomic mass is 32.1. The first kappa shape index (κ1) is 20.4. The molecule has 1 fully saturated rings. The number of likely N-dealkylation sites (tertiary alicyclic amines) is 1. The van der Waals surface area contributed by atoms with Crippen molar-refractivity contribution in [2.75, 3.05) is 19.6 Å². The number of carboxylic acids is 1. The van der Waals surface area contributed by atoms with E-state index in [1.54, 1.807) is 0 Å². The Bertz CT molecular complexity index is 673. The van der Waals surface area contributed by atoms with Crippen molar-refractivity contribution in [2.24, 2.45) is 0 Å². The zero-order valence-corrected chi connectivity index (χ0v) is 16.5. The first-order chi connectivity index (χ1) is 12.3. The van der Waals surface area contributed by atoms with Crippen LogP contribution in [0, 0.1) is 6.92 Å². The fourth-order valence-electron chi connectivity index (χ4n) is 3.35. The van der Waals surface area contributed by atoms with E-state index in [9.17, 15) is 14.4 Å². The number of carbonyl (C=O) groups is 3. The number of thiazole rings is 1. The average molecular weight is 381 g/mol. The van der Waals surface area contributed by atoms with Crippen LogP contribution in [0.1, 0.15) is 59.9 Å². The number of carbonyl (C=O) groups excluding carboxylic acids is 2. The lowest BCUT2D eigenvalue weighted by molar-refractivity contribution is -0.145. The summed E-state index contributed by atoms with van der Waals surface area (Å²) in [4.78, 5) is 44.2. The number of amides is 2. The van der Waals surface area contributed by atoms with Crippen LogP contribution in [0.25, 0.3) is 0 Å². The zero-order valence-electron chi connectivity index (χ0n) is 15.7. The Kier molecular flexibility index (Phi) is 7.14. The Labute approximate surface area is 158 Å². The Hall–Kier alpha value is -1.96. The minimum atomic E-state index is -1.01. The van der Waals surface area contributed by atoms with E-state index in [-0.39, 0.29) is 24.4 Å². The van der Waals surface area contributed by atoms with Crippen LogP contribution in [0.2, 0.25) is 0 Å². The number of nitrogens with zero attached hydrogens (tertiary/aromatic N) is 3. The normalized spacial score (nSPS) is 17.7. The van der Waals surface area contributed by atoms with Gasteiger partial charge in [0.1, 0.15) is 11.4 Å². The standard InChI is InChI=1S/C18H27N3O4S/c1-4-6-15-19-12(2)17(26-15)18(25)20-9-5-7-14(8-10-20)21(13(3)22)11-16(23)24/h14H,4-11H2,1-3H3,(H,23,24). The molecule has 144 valence electrons. The van der Waals surface area contributed by atoms with Crippen LogP contribution < -0.4 is 0 Å². The number of carboxylic acid groups (broad SMARTS) is 1. The van der Waals surface area contributed by atoms with Gasteiger partial charge >= 0.3 is 5.97 Å². The molecule has 0 bridgehead atoms. The molecule has 1 unspecified atom stereocenters. The van der Waals surface area contributed by atoms with Gasteiger partial charge < -0.3 is 14.9 Å². The van der Waals surface area contributed by atoms with Crippen LogP contribution in [0.4, 0.5) is 0 Å². The molecule has 2 heterocycles. The molecule has 1 aliphatic rings. The van der Waals surface area contributed by atoms with E-state index in [1.165, 1.54) is 23.2 Å². The lowest BCUT2D eigenvalue weighted by Gasteiger charge is -2.28. The molecule has 0 radical (unpaired) electrons. The van der Waals surface area contributed by atoms with Gasteiger partial charge in [0, 0.05) is 26.1 Å². The fraction of sp³-hybridized carbons (Fsp3) is 0.667. The number of aliphatic carboxylic acids is 1. The topological polar surface area (TPSA) is 90.8 Å². The number of hydrogen-bond acceptors (Lipinski definition) is 5. The molecule has 0 spiro atoms. The molecule has 1 aromatic rings. The van der Waals surface area contributed by atoms with E-state index in [2.05, 4.69) is 11.9 Å². The molecule has 1 N–H and O–H groups in total. The van der Waals surface area contributed by atoms with Gasteiger partial charge in [0.05, 0.1) is 10.7 Å². The summed E-state index contributed by atoms with van der Waals surface area (Å²) < 4.78 is 0. The minimum Gasteiger partial charge on any atom is -0.480 e. The number of hydrogen-bond donors (Lipinski definition) is 1. The predicted molar refractivity (Wildman–Crippen MR) is 99.4 cm³/mol. The number of rotatable bonds is 6. The van der Waals surface area contributed by atoms with Crippen molar-refractivity contribution in [1.29, 1.82) is 0 Å².